The number of carbonyl (C=O) groups excluding carboxylic acids is 5. The van der Waals surface area contributed by atoms with Crippen LogP contribution in [0.25, 0.3) is 0 Å². The lowest BCUT2D eigenvalue weighted by Crippen LogP contribution is -2.60. The molecule has 1 aliphatic heterocycles. The van der Waals surface area contributed by atoms with Gasteiger partial charge in [0, 0.05) is 34.2 Å². The van der Waals surface area contributed by atoms with E-state index in [-0.39, 0.29) is 60.3 Å². The van der Waals surface area contributed by atoms with E-state index in [2.05, 4.69) is 10.6 Å². The fraction of sp³-hybridized carbons (Fsp3) is 0.738. The van der Waals surface area contributed by atoms with Crippen LogP contribution < -0.4 is 10.6 Å². The predicted molar refractivity (Wildman–Crippen MR) is 214 cm³/mol. The Hall–Kier alpha value is -3.55. The number of ether oxygens (including phenoxy) is 3. The number of methoxy groups -OCH3 is 3. The molecular weight excluding hydrogens is 702 g/mol. The van der Waals surface area contributed by atoms with Gasteiger partial charge >= 0.3 is 5.97 Å². The third kappa shape index (κ3) is 12.7. The van der Waals surface area contributed by atoms with E-state index in [1.165, 1.54) is 14.2 Å². The van der Waals surface area contributed by atoms with Gasteiger partial charge in [0.05, 0.1) is 49.8 Å². The Bertz CT molecular complexity index is 1380. The first-order chi connectivity index (χ1) is 26.0. The fourth-order valence-corrected chi connectivity index (χ4v) is 7.97. The SMILES string of the molecule is CCC(C)C(C(CC(=O)N1CCCC1C(OC)C(C)C(=O)NC(Cc1ccccc1)C(=O)OC)OC)N(C)C(=O)[C@@H](NC(=O)C(C(C)C)N(C)CC)C(C)C. The van der Waals surface area contributed by atoms with Crippen molar-refractivity contribution < 1.29 is 38.2 Å². The molecule has 4 amide bonds. The molecule has 2 N–H and O–H groups in total. The Balaban J connectivity index is 2.29. The van der Waals surface area contributed by atoms with Crippen molar-refractivity contribution in [2.45, 2.75) is 130 Å². The number of rotatable bonds is 22. The van der Waals surface area contributed by atoms with Crippen LogP contribution in [0.5, 0.6) is 0 Å². The quantitative estimate of drug-likeness (QED) is 0.168. The van der Waals surface area contributed by atoms with Gasteiger partial charge in [-0.1, -0.05) is 92.1 Å². The molecule has 1 fully saturated rings. The van der Waals surface area contributed by atoms with Crippen molar-refractivity contribution in [2.24, 2.45) is 23.7 Å². The first-order valence-corrected chi connectivity index (χ1v) is 20.0. The zero-order valence-electron chi connectivity index (χ0n) is 35.8. The Kier molecular flexibility index (Phi) is 19.8. The van der Waals surface area contributed by atoms with Gasteiger partial charge in [-0.15, -0.1) is 0 Å². The Labute approximate surface area is 330 Å². The number of carbonyl (C=O) groups is 5. The Morgan fingerprint density at radius 1 is 0.873 bits per heavy atom. The summed E-state index contributed by atoms with van der Waals surface area (Å²) in [6, 6.07) is 6.48. The van der Waals surface area contributed by atoms with E-state index in [4.69, 9.17) is 14.2 Å². The summed E-state index contributed by atoms with van der Waals surface area (Å²) in [4.78, 5) is 73.9. The average molecular weight is 774 g/mol. The molecule has 0 spiro atoms. The minimum absolute atomic E-state index is 0.00749. The van der Waals surface area contributed by atoms with Crippen LogP contribution in [-0.2, 0) is 44.6 Å². The van der Waals surface area contributed by atoms with Gasteiger partial charge in [0.25, 0.3) is 0 Å². The van der Waals surface area contributed by atoms with Crippen molar-refractivity contribution in [1.82, 2.24) is 25.3 Å². The summed E-state index contributed by atoms with van der Waals surface area (Å²) >= 11 is 0. The number of likely N-dealkylation sites (N-methyl/N-ethyl adjacent to an activating group) is 2. The molecule has 1 aromatic carbocycles. The molecule has 1 aliphatic rings. The molecule has 1 saturated heterocycles. The summed E-state index contributed by atoms with van der Waals surface area (Å²) in [7, 11) is 8.01. The maximum Gasteiger partial charge on any atom is 0.328 e. The monoisotopic (exact) mass is 774 g/mol. The minimum atomic E-state index is -0.890. The number of benzene rings is 1. The van der Waals surface area contributed by atoms with Crippen LogP contribution in [0.2, 0.25) is 0 Å². The molecule has 1 heterocycles. The summed E-state index contributed by atoms with van der Waals surface area (Å²) in [6.45, 7) is 16.8. The summed E-state index contributed by atoms with van der Waals surface area (Å²) in [6.07, 6.45) is 1.08. The second-order valence-electron chi connectivity index (χ2n) is 15.9. The van der Waals surface area contributed by atoms with Gasteiger partial charge < -0.3 is 34.6 Å². The molecule has 9 atom stereocenters. The van der Waals surface area contributed by atoms with Crippen molar-refractivity contribution in [3.63, 3.8) is 0 Å². The molecule has 0 aromatic heterocycles. The second kappa shape index (κ2) is 22.9. The van der Waals surface area contributed by atoms with E-state index in [9.17, 15) is 24.0 Å². The Morgan fingerprint density at radius 3 is 2.02 bits per heavy atom. The number of nitrogens with zero attached hydrogens (tertiary/aromatic N) is 3. The molecule has 0 bridgehead atoms. The van der Waals surface area contributed by atoms with Gasteiger partial charge in [0.15, 0.2) is 0 Å². The van der Waals surface area contributed by atoms with E-state index in [0.29, 0.717) is 19.5 Å². The maximum absolute atomic E-state index is 14.3. The van der Waals surface area contributed by atoms with Crippen LogP contribution in [0.1, 0.15) is 86.6 Å². The lowest BCUT2D eigenvalue weighted by atomic mass is 9.89. The maximum atomic E-state index is 14.3. The van der Waals surface area contributed by atoms with Crippen LogP contribution in [0.4, 0.5) is 0 Å². The molecule has 1 aromatic rings. The highest BCUT2D eigenvalue weighted by molar-refractivity contribution is 5.90. The summed E-state index contributed by atoms with van der Waals surface area (Å²) < 4.78 is 17.0. The first kappa shape index (κ1) is 47.6. The zero-order valence-corrected chi connectivity index (χ0v) is 35.8. The first-order valence-electron chi connectivity index (χ1n) is 20.0. The van der Waals surface area contributed by atoms with Crippen LogP contribution in [-0.4, -0.2) is 135 Å². The van der Waals surface area contributed by atoms with Gasteiger partial charge in [-0.25, -0.2) is 4.79 Å². The number of hydrogen-bond donors (Lipinski definition) is 2. The molecule has 55 heavy (non-hydrogen) atoms. The molecule has 0 radical (unpaired) electrons. The molecule has 312 valence electrons. The topological polar surface area (TPSA) is 147 Å². The standard InChI is InChI=1S/C42H71N5O8/c1-14-28(7)37(46(10)41(51)35(26(3)4)44-40(50)36(27(5)6)45(9)15-2)33(53-11)25-34(48)47-23-19-22-32(47)38(54-12)29(8)39(49)43-31(42(52)55-13)24-30-20-17-16-18-21-30/h16-18,20-21,26-29,31-33,35-38H,14-15,19,22-25H2,1-13H3,(H,43,49)(H,44,50)/t28?,29?,31?,32?,33?,35-,36?,37?,38?/m0/s1. The molecule has 0 aliphatic carbocycles. The second-order valence-corrected chi connectivity index (χ2v) is 15.9. The molecule has 13 nitrogen and oxygen atoms in total. The van der Waals surface area contributed by atoms with Gasteiger partial charge in [0.2, 0.25) is 23.6 Å². The van der Waals surface area contributed by atoms with Crippen LogP contribution in [0.15, 0.2) is 30.3 Å². The average Bonchev–Trinajstić information content (AvgIpc) is 3.65. The van der Waals surface area contributed by atoms with Crippen molar-refractivity contribution in [2.75, 3.05) is 48.5 Å². The molecule has 2 rings (SSSR count). The predicted octanol–water partition coefficient (Wildman–Crippen LogP) is 3.92. The third-order valence-corrected chi connectivity index (χ3v) is 11.4. The lowest BCUT2D eigenvalue weighted by Gasteiger charge is -2.41. The molecular formula is C42H71N5O8. The van der Waals surface area contributed by atoms with Crippen LogP contribution in [0.3, 0.4) is 0 Å². The van der Waals surface area contributed by atoms with Crippen LogP contribution >= 0.6 is 0 Å². The van der Waals surface area contributed by atoms with Crippen molar-refractivity contribution in [3.8, 4) is 0 Å². The largest absolute Gasteiger partial charge is 0.467 e. The van der Waals surface area contributed by atoms with Gasteiger partial charge in [-0.3, -0.25) is 24.1 Å². The molecule has 0 saturated carbocycles. The van der Waals surface area contributed by atoms with E-state index in [0.717, 1.165) is 18.4 Å². The number of esters is 1. The smallest absolute Gasteiger partial charge is 0.328 e. The number of hydrogen-bond acceptors (Lipinski definition) is 9. The highest BCUT2D eigenvalue weighted by Gasteiger charge is 2.43. The zero-order chi connectivity index (χ0) is 41.6. The summed E-state index contributed by atoms with van der Waals surface area (Å²) in [5.41, 5.74) is 0.876. The number of likely N-dealkylation sites (tertiary alicyclic amines) is 1. The van der Waals surface area contributed by atoms with Crippen molar-refractivity contribution >= 4 is 29.6 Å². The van der Waals surface area contributed by atoms with E-state index >= 15 is 0 Å². The highest BCUT2D eigenvalue weighted by atomic mass is 16.5. The van der Waals surface area contributed by atoms with E-state index in [1.54, 1.807) is 30.9 Å². The van der Waals surface area contributed by atoms with Crippen molar-refractivity contribution in [3.05, 3.63) is 35.9 Å². The highest BCUT2D eigenvalue weighted by Crippen LogP contribution is 2.30. The minimum Gasteiger partial charge on any atom is -0.467 e. The van der Waals surface area contributed by atoms with Gasteiger partial charge in [-0.05, 0) is 49.8 Å². The third-order valence-electron chi connectivity index (χ3n) is 11.4. The normalized spacial score (nSPS) is 18.9. The van der Waals surface area contributed by atoms with E-state index in [1.807, 2.05) is 90.7 Å². The summed E-state index contributed by atoms with van der Waals surface area (Å²) in [5.74, 6) is -2.38. The molecule has 8 unspecified atom stereocenters. The number of amides is 4. The van der Waals surface area contributed by atoms with Gasteiger partial charge in [0.1, 0.15) is 12.1 Å². The van der Waals surface area contributed by atoms with Gasteiger partial charge in [-0.2, -0.15) is 0 Å². The fourth-order valence-electron chi connectivity index (χ4n) is 7.97. The lowest BCUT2D eigenvalue weighted by molar-refractivity contribution is -0.149. The molecule has 13 heteroatoms. The van der Waals surface area contributed by atoms with Crippen LogP contribution in [0, 0.1) is 23.7 Å². The van der Waals surface area contributed by atoms with Crippen molar-refractivity contribution in [1.29, 1.82) is 0 Å². The van der Waals surface area contributed by atoms with E-state index < -0.39 is 48.3 Å². The number of nitrogens with one attached hydrogen (secondary N) is 2. The Morgan fingerprint density at radius 2 is 1.51 bits per heavy atom. The summed E-state index contributed by atoms with van der Waals surface area (Å²) in [5, 5.41) is 5.93.